The summed E-state index contributed by atoms with van der Waals surface area (Å²) < 4.78 is 40.6. The van der Waals surface area contributed by atoms with Crippen molar-refractivity contribution in [3.8, 4) is 23.0 Å². The minimum atomic E-state index is -4.46. The lowest BCUT2D eigenvalue weighted by Gasteiger charge is -2.13. The predicted octanol–water partition coefficient (Wildman–Crippen LogP) is 4.17. The van der Waals surface area contributed by atoms with Crippen molar-refractivity contribution in [1.82, 2.24) is 14.5 Å². The number of aryl methyl sites for hydroxylation is 1. The van der Waals surface area contributed by atoms with Gasteiger partial charge in [-0.3, -0.25) is 0 Å². The summed E-state index contributed by atoms with van der Waals surface area (Å²) in [6.45, 7) is 1.69. The molecule has 0 fully saturated rings. The van der Waals surface area contributed by atoms with Crippen LogP contribution in [-0.2, 0) is 6.18 Å². The van der Waals surface area contributed by atoms with Crippen LogP contribution < -0.4 is 5.32 Å². The van der Waals surface area contributed by atoms with Gasteiger partial charge in [-0.05, 0) is 30.7 Å². The van der Waals surface area contributed by atoms with Crippen LogP contribution in [0.1, 0.15) is 16.8 Å². The first-order valence-electron chi connectivity index (χ1n) is 7.64. The molecule has 2 aromatic heterocycles. The molecule has 0 aliphatic heterocycles. The van der Waals surface area contributed by atoms with E-state index in [0.29, 0.717) is 28.3 Å². The molecule has 0 amide bonds. The van der Waals surface area contributed by atoms with Gasteiger partial charge in [0.15, 0.2) is 0 Å². The number of nitrogens with one attached hydrogen (secondary N) is 1. The van der Waals surface area contributed by atoms with E-state index < -0.39 is 11.7 Å². The third-order valence-corrected chi connectivity index (χ3v) is 3.95. The normalized spacial score (nSPS) is 11.2. The molecule has 5 nitrogen and oxygen atoms in total. The molecule has 3 aromatic rings. The Morgan fingerprint density at radius 1 is 1.15 bits per heavy atom. The molecule has 3 rings (SSSR count). The van der Waals surface area contributed by atoms with E-state index in [0.717, 1.165) is 12.1 Å². The van der Waals surface area contributed by atoms with E-state index in [2.05, 4.69) is 15.3 Å². The molecule has 0 spiro atoms. The van der Waals surface area contributed by atoms with Crippen LogP contribution in [-0.4, -0.2) is 21.6 Å². The molecule has 132 valence electrons. The van der Waals surface area contributed by atoms with E-state index >= 15 is 0 Å². The largest absolute Gasteiger partial charge is 0.416 e. The summed E-state index contributed by atoms with van der Waals surface area (Å²) in [7, 11) is 1.71. The summed E-state index contributed by atoms with van der Waals surface area (Å²) >= 11 is 0. The van der Waals surface area contributed by atoms with Crippen LogP contribution in [0.5, 0.6) is 0 Å². The molecule has 0 atom stereocenters. The Hall–Kier alpha value is -3.34. The van der Waals surface area contributed by atoms with Crippen LogP contribution in [0.4, 0.5) is 19.0 Å². The minimum absolute atomic E-state index is 0.215. The van der Waals surface area contributed by atoms with E-state index in [1.54, 1.807) is 32.3 Å². The smallest absolute Gasteiger partial charge is 0.373 e. The van der Waals surface area contributed by atoms with E-state index in [1.807, 2.05) is 6.07 Å². The standard InChI is InChI=1S/C18H14F3N5/c1-11-3-4-13(18(19,20)21)6-16(11)26-9-12(5-14(26)8-22)15-7-17(23-2)25-10-24-15/h3-7,9-10H,1-2H3,(H,23,24,25). The molecule has 1 aromatic carbocycles. The highest BCUT2D eigenvalue weighted by Crippen LogP contribution is 2.33. The molecule has 0 radical (unpaired) electrons. The Bertz CT molecular complexity index is 999. The van der Waals surface area contributed by atoms with E-state index in [1.165, 1.54) is 17.0 Å². The van der Waals surface area contributed by atoms with Crippen molar-refractivity contribution in [2.75, 3.05) is 12.4 Å². The second-order valence-corrected chi connectivity index (χ2v) is 5.63. The lowest BCUT2D eigenvalue weighted by atomic mass is 10.1. The SMILES string of the molecule is CNc1cc(-c2cc(C#N)n(-c3cc(C(F)(F)F)ccc3C)c2)ncn1. The summed E-state index contributed by atoms with van der Waals surface area (Å²) in [5.41, 5.74) is 1.53. The van der Waals surface area contributed by atoms with Gasteiger partial charge in [0.1, 0.15) is 23.9 Å². The number of nitrogens with zero attached hydrogens (tertiary/aromatic N) is 4. The first-order chi connectivity index (χ1) is 12.3. The van der Waals surface area contributed by atoms with Gasteiger partial charge in [-0.2, -0.15) is 18.4 Å². The topological polar surface area (TPSA) is 66.5 Å². The molecule has 0 bridgehead atoms. The zero-order chi connectivity index (χ0) is 18.9. The van der Waals surface area contributed by atoms with Crippen molar-refractivity contribution in [3.05, 3.63) is 59.7 Å². The fraction of sp³-hybridized carbons (Fsp3) is 0.167. The third kappa shape index (κ3) is 3.24. The molecule has 0 aliphatic rings. The molecular formula is C18H14F3N5. The van der Waals surface area contributed by atoms with E-state index in [9.17, 15) is 18.4 Å². The van der Waals surface area contributed by atoms with Gasteiger partial charge in [0.2, 0.25) is 0 Å². The minimum Gasteiger partial charge on any atom is -0.373 e. The summed E-state index contributed by atoms with van der Waals surface area (Å²) in [5, 5.41) is 12.3. The predicted molar refractivity (Wildman–Crippen MR) is 90.8 cm³/mol. The van der Waals surface area contributed by atoms with Crippen LogP contribution in [0.15, 0.2) is 42.9 Å². The summed E-state index contributed by atoms with van der Waals surface area (Å²) in [6.07, 6.45) is -1.48. The van der Waals surface area contributed by atoms with Crippen molar-refractivity contribution < 1.29 is 13.2 Å². The van der Waals surface area contributed by atoms with Gasteiger partial charge in [0, 0.05) is 30.6 Å². The lowest BCUT2D eigenvalue weighted by Crippen LogP contribution is -2.07. The fourth-order valence-corrected chi connectivity index (χ4v) is 2.59. The maximum absolute atomic E-state index is 13.1. The average Bonchev–Trinajstić information content (AvgIpc) is 3.05. The second-order valence-electron chi connectivity index (χ2n) is 5.63. The number of halogens is 3. The number of anilines is 1. The molecule has 0 saturated heterocycles. The number of hydrogen-bond donors (Lipinski definition) is 1. The molecule has 26 heavy (non-hydrogen) atoms. The van der Waals surface area contributed by atoms with E-state index in [4.69, 9.17) is 0 Å². The number of rotatable bonds is 3. The molecule has 8 heteroatoms. The summed E-state index contributed by atoms with van der Waals surface area (Å²) in [6, 6.07) is 8.76. The Morgan fingerprint density at radius 2 is 1.92 bits per heavy atom. The molecule has 0 unspecified atom stereocenters. The van der Waals surface area contributed by atoms with Crippen LogP contribution in [0.2, 0.25) is 0 Å². The maximum atomic E-state index is 13.1. The second kappa shape index (κ2) is 6.52. The fourth-order valence-electron chi connectivity index (χ4n) is 2.59. The Balaban J connectivity index is 2.15. The van der Waals surface area contributed by atoms with Gasteiger partial charge in [-0.15, -0.1) is 0 Å². The van der Waals surface area contributed by atoms with Crippen molar-refractivity contribution in [3.63, 3.8) is 0 Å². The van der Waals surface area contributed by atoms with Crippen molar-refractivity contribution in [2.24, 2.45) is 0 Å². The molecule has 0 saturated carbocycles. The number of benzene rings is 1. The lowest BCUT2D eigenvalue weighted by molar-refractivity contribution is -0.137. The van der Waals surface area contributed by atoms with Gasteiger partial charge in [-0.1, -0.05) is 6.07 Å². The molecule has 1 N–H and O–H groups in total. The molecule has 0 aliphatic carbocycles. The van der Waals surface area contributed by atoms with Crippen molar-refractivity contribution >= 4 is 5.82 Å². The van der Waals surface area contributed by atoms with Crippen molar-refractivity contribution in [1.29, 1.82) is 5.26 Å². The number of aromatic nitrogens is 3. The van der Waals surface area contributed by atoms with Gasteiger partial charge in [0.25, 0.3) is 0 Å². The average molecular weight is 357 g/mol. The van der Waals surface area contributed by atoms with E-state index in [-0.39, 0.29) is 5.69 Å². The number of hydrogen-bond acceptors (Lipinski definition) is 4. The van der Waals surface area contributed by atoms with Crippen LogP contribution in [0.3, 0.4) is 0 Å². The third-order valence-electron chi connectivity index (χ3n) is 3.95. The highest BCUT2D eigenvalue weighted by molar-refractivity contribution is 5.65. The van der Waals surface area contributed by atoms with Gasteiger partial charge < -0.3 is 9.88 Å². The zero-order valence-corrected chi connectivity index (χ0v) is 14.0. The van der Waals surface area contributed by atoms with Crippen LogP contribution in [0.25, 0.3) is 16.9 Å². The number of nitriles is 1. The van der Waals surface area contributed by atoms with Gasteiger partial charge in [-0.25, -0.2) is 9.97 Å². The first kappa shape index (κ1) is 17.5. The van der Waals surface area contributed by atoms with Crippen LogP contribution >= 0.6 is 0 Å². The Kier molecular flexibility index (Phi) is 4.38. The summed E-state index contributed by atoms with van der Waals surface area (Å²) in [4.78, 5) is 8.19. The number of alkyl halides is 3. The molecule has 2 heterocycles. The molecular weight excluding hydrogens is 343 g/mol. The quantitative estimate of drug-likeness (QED) is 0.764. The Labute approximate surface area is 147 Å². The van der Waals surface area contributed by atoms with Crippen molar-refractivity contribution in [2.45, 2.75) is 13.1 Å². The zero-order valence-electron chi connectivity index (χ0n) is 14.0. The first-order valence-corrected chi connectivity index (χ1v) is 7.64. The highest BCUT2D eigenvalue weighted by Gasteiger charge is 2.31. The van der Waals surface area contributed by atoms with Crippen LogP contribution in [0, 0.1) is 18.3 Å². The Morgan fingerprint density at radius 3 is 2.58 bits per heavy atom. The highest BCUT2D eigenvalue weighted by atomic mass is 19.4. The summed E-state index contributed by atoms with van der Waals surface area (Å²) in [5.74, 6) is 0.594. The maximum Gasteiger partial charge on any atom is 0.416 e. The van der Waals surface area contributed by atoms with Gasteiger partial charge >= 0.3 is 6.18 Å². The van der Waals surface area contributed by atoms with Gasteiger partial charge in [0.05, 0.1) is 11.3 Å². The monoisotopic (exact) mass is 357 g/mol.